The fourth-order valence-corrected chi connectivity index (χ4v) is 5.77. The highest BCUT2D eigenvalue weighted by Crippen LogP contribution is 2.34. The Morgan fingerprint density at radius 1 is 0.929 bits per heavy atom. The summed E-state index contributed by atoms with van der Waals surface area (Å²) in [5.74, 6) is 0.557. The summed E-state index contributed by atoms with van der Waals surface area (Å²) in [6, 6.07) is 19.2. The van der Waals surface area contributed by atoms with Crippen LogP contribution in [0, 0.1) is 25.7 Å². The maximum Gasteiger partial charge on any atom is 0.0723 e. The summed E-state index contributed by atoms with van der Waals surface area (Å²) in [7, 11) is 0. The summed E-state index contributed by atoms with van der Waals surface area (Å²) in [5.41, 5.74) is 20.2. The van der Waals surface area contributed by atoms with Crippen LogP contribution in [-0.4, -0.2) is 9.97 Å². The largest absolute Gasteiger partial charge is 0.397 e. The van der Waals surface area contributed by atoms with Gasteiger partial charge in [-0.1, -0.05) is 49.9 Å². The first-order chi connectivity index (χ1) is 20.4. The third-order valence-electron chi connectivity index (χ3n) is 8.38. The quantitative estimate of drug-likeness (QED) is 0.182. The fourth-order valence-electron chi connectivity index (χ4n) is 5.77. The molecule has 2 heterocycles. The Morgan fingerprint density at radius 3 is 2.52 bits per heavy atom. The molecule has 0 bridgehead atoms. The number of terminal acetylenes is 1. The van der Waals surface area contributed by atoms with E-state index in [1.807, 2.05) is 24.5 Å². The summed E-state index contributed by atoms with van der Waals surface area (Å²) in [6.45, 7) is 10.7. The van der Waals surface area contributed by atoms with Crippen LogP contribution in [0.15, 0.2) is 91.5 Å². The smallest absolute Gasteiger partial charge is 0.0723 e. The van der Waals surface area contributed by atoms with Crippen molar-refractivity contribution in [2.24, 2.45) is 5.92 Å². The SMILES string of the molecule is C#C.C=C(Cc1nc(-c2cncc(NC(=C)C3CCC3)c2)ccc1N)Nc1cccc(-c2ccc3c(c2)CCC3)c1C. The summed E-state index contributed by atoms with van der Waals surface area (Å²) >= 11 is 0. The first kappa shape index (κ1) is 28.7. The van der Waals surface area contributed by atoms with Gasteiger partial charge in [0.1, 0.15) is 0 Å². The molecule has 0 radical (unpaired) electrons. The lowest BCUT2D eigenvalue weighted by molar-refractivity contribution is 0.371. The zero-order valence-corrected chi connectivity index (χ0v) is 24.4. The molecule has 5 nitrogen and oxygen atoms in total. The Hall–Kier alpha value is -4.82. The van der Waals surface area contributed by atoms with Crippen molar-refractivity contribution in [1.82, 2.24) is 9.97 Å². The van der Waals surface area contributed by atoms with Crippen molar-refractivity contribution in [3.63, 3.8) is 0 Å². The van der Waals surface area contributed by atoms with Gasteiger partial charge in [-0.25, -0.2) is 0 Å². The van der Waals surface area contributed by atoms with Crippen LogP contribution in [0.2, 0.25) is 0 Å². The molecule has 1 saturated carbocycles. The van der Waals surface area contributed by atoms with Crippen molar-refractivity contribution in [3.8, 4) is 35.2 Å². The molecule has 5 heteroatoms. The zero-order valence-electron chi connectivity index (χ0n) is 24.4. The molecule has 4 N–H and O–H groups in total. The molecule has 0 unspecified atom stereocenters. The van der Waals surface area contributed by atoms with E-state index in [-0.39, 0.29) is 0 Å². The number of fused-ring (bicyclic) bond motifs is 1. The normalized spacial score (nSPS) is 13.7. The minimum atomic E-state index is 0.520. The Bertz CT molecular complexity index is 1640. The number of aryl methyl sites for hydroxylation is 2. The van der Waals surface area contributed by atoms with Crippen molar-refractivity contribution in [1.29, 1.82) is 0 Å². The van der Waals surface area contributed by atoms with E-state index >= 15 is 0 Å². The molecule has 0 saturated heterocycles. The van der Waals surface area contributed by atoms with E-state index in [0.717, 1.165) is 39.7 Å². The second kappa shape index (κ2) is 12.8. The van der Waals surface area contributed by atoms with Crippen molar-refractivity contribution in [2.45, 2.75) is 51.9 Å². The topological polar surface area (TPSA) is 75.9 Å². The monoisotopic (exact) mass is 553 g/mol. The van der Waals surface area contributed by atoms with Crippen molar-refractivity contribution in [3.05, 3.63) is 114 Å². The number of aromatic nitrogens is 2. The molecule has 0 aliphatic heterocycles. The van der Waals surface area contributed by atoms with Gasteiger partial charge in [-0.2, -0.15) is 0 Å². The van der Waals surface area contributed by atoms with E-state index in [0.29, 0.717) is 18.0 Å². The minimum Gasteiger partial charge on any atom is -0.397 e. The zero-order chi connectivity index (χ0) is 29.6. The summed E-state index contributed by atoms with van der Waals surface area (Å²) in [5, 5.41) is 6.98. The van der Waals surface area contributed by atoms with Gasteiger partial charge in [-0.3, -0.25) is 9.97 Å². The average Bonchev–Trinajstić information content (AvgIpc) is 3.44. The van der Waals surface area contributed by atoms with Crippen LogP contribution < -0.4 is 16.4 Å². The van der Waals surface area contributed by atoms with E-state index in [2.05, 4.69) is 91.0 Å². The number of hydrogen-bond acceptors (Lipinski definition) is 5. The van der Waals surface area contributed by atoms with Crippen LogP contribution in [-0.2, 0) is 19.3 Å². The second-order valence-corrected chi connectivity index (χ2v) is 11.2. The van der Waals surface area contributed by atoms with Crippen molar-refractivity contribution >= 4 is 17.1 Å². The molecule has 0 spiro atoms. The summed E-state index contributed by atoms with van der Waals surface area (Å²) in [6.07, 6.45) is 19.5. The van der Waals surface area contributed by atoms with Gasteiger partial charge in [0, 0.05) is 35.3 Å². The van der Waals surface area contributed by atoms with Crippen molar-refractivity contribution in [2.75, 3.05) is 16.4 Å². The highest BCUT2D eigenvalue weighted by atomic mass is 14.9. The number of nitrogen functional groups attached to an aromatic ring is 1. The third-order valence-corrected chi connectivity index (χ3v) is 8.38. The van der Waals surface area contributed by atoms with Gasteiger partial charge >= 0.3 is 0 Å². The molecule has 6 rings (SSSR count). The van der Waals surface area contributed by atoms with Crippen LogP contribution in [0.3, 0.4) is 0 Å². The standard InChI is InChI=1S/C35H37N5.C2H2/c1-22(38-33-12-6-11-31(23(33)2)28-14-13-26-9-5-10-27(26)18-28)17-35-32(36)15-16-34(40-35)29-19-30(21-37-20-29)39-24(3)25-7-4-8-25;1-2/h6,11-16,18-21,25,38-39H,1,3-5,7-10,17,36H2,2H3;1-2H. The molecule has 1 fully saturated rings. The number of allylic oxidation sites excluding steroid dienone is 2. The second-order valence-electron chi connectivity index (χ2n) is 11.2. The number of hydrogen-bond donors (Lipinski definition) is 3. The molecule has 2 aromatic heterocycles. The van der Waals surface area contributed by atoms with Crippen molar-refractivity contribution < 1.29 is 0 Å². The lowest BCUT2D eigenvalue weighted by Gasteiger charge is -2.28. The minimum absolute atomic E-state index is 0.520. The van der Waals surface area contributed by atoms with Crippen LogP contribution >= 0.6 is 0 Å². The number of nitrogens with two attached hydrogens (primary N) is 1. The number of pyridine rings is 2. The number of benzene rings is 2. The molecular formula is C37H39N5. The number of nitrogens with one attached hydrogen (secondary N) is 2. The van der Waals surface area contributed by atoms with Gasteiger partial charge in [0.15, 0.2) is 0 Å². The van der Waals surface area contributed by atoms with Gasteiger partial charge < -0.3 is 16.4 Å². The Morgan fingerprint density at radius 2 is 1.74 bits per heavy atom. The van der Waals surface area contributed by atoms with Crippen LogP contribution in [0.25, 0.3) is 22.4 Å². The van der Waals surface area contributed by atoms with E-state index in [4.69, 9.17) is 10.7 Å². The number of nitrogens with zero attached hydrogens (tertiary/aromatic N) is 2. The molecule has 0 amide bonds. The highest BCUT2D eigenvalue weighted by Gasteiger charge is 2.20. The molecular weight excluding hydrogens is 514 g/mol. The van der Waals surface area contributed by atoms with E-state index in [9.17, 15) is 0 Å². The highest BCUT2D eigenvalue weighted by molar-refractivity contribution is 5.75. The van der Waals surface area contributed by atoms with Gasteiger partial charge in [-0.15, -0.1) is 12.8 Å². The van der Waals surface area contributed by atoms with Gasteiger partial charge in [0.25, 0.3) is 0 Å². The van der Waals surface area contributed by atoms with Crippen LogP contribution in [0.1, 0.15) is 48.1 Å². The molecule has 0 atom stereocenters. The molecule has 4 aromatic rings. The van der Waals surface area contributed by atoms with Crippen LogP contribution in [0.5, 0.6) is 0 Å². The Labute approximate surface area is 250 Å². The lowest BCUT2D eigenvalue weighted by Crippen LogP contribution is -2.18. The maximum absolute atomic E-state index is 6.36. The average molecular weight is 554 g/mol. The predicted molar refractivity (Wildman–Crippen MR) is 177 cm³/mol. The van der Waals surface area contributed by atoms with E-state index < -0.39 is 0 Å². The summed E-state index contributed by atoms with van der Waals surface area (Å²) < 4.78 is 0. The Kier molecular flexibility index (Phi) is 8.74. The fraction of sp³-hybridized carbons (Fsp3) is 0.243. The van der Waals surface area contributed by atoms with Gasteiger partial charge in [-0.05, 0) is 97.0 Å². The lowest BCUT2D eigenvalue weighted by atomic mass is 9.83. The van der Waals surface area contributed by atoms with Gasteiger partial charge in [0.2, 0.25) is 0 Å². The number of anilines is 3. The van der Waals surface area contributed by atoms with Crippen LogP contribution in [0.4, 0.5) is 17.1 Å². The molecule has 212 valence electrons. The summed E-state index contributed by atoms with van der Waals surface area (Å²) in [4.78, 5) is 9.35. The molecule has 42 heavy (non-hydrogen) atoms. The third kappa shape index (κ3) is 6.24. The maximum atomic E-state index is 6.36. The molecule has 2 aromatic carbocycles. The predicted octanol–water partition coefficient (Wildman–Crippen LogP) is 8.33. The molecule has 2 aliphatic rings. The molecule has 2 aliphatic carbocycles. The first-order valence-electron chi connectivity index (χ1n) is 14.6. The first-order valence-corrected chi connectivity index (χ1v) is 14.6. The van der Waals surface area contributed by atoms with E-state index in [1.165, 1.54) is 66.3 Å². The Balaban J connectivity index is 0.00000173. The van der Waals surface area contributed by atoms with Gasteiger partial charge in [0.05, 0.1) is 29.0 Å². The number of rotatable bonds is 9. The van der Waals surface area contributed by atoms with E-state index in [1.54, 1.807) is 0 Å².